The van der Waals surface area contributed by atoms with Gasteiger partial charge in [-0.25, -0.2) is 4.39 Å². The molecule has 0 heterocycles. The first-order chi connectivity index (χ1) is 8.71. The van der Waals surface area contributed by atoms with Gasteiger partial charge in [-0.2, -0.15) is 0 Å². The number of aryl methyl sites for hydroxylation is 1. The number of carboxylic acid groups (broad SMARTS) is 1. The maximum absolute atomic E-state index is 13.5. The van der Waals surface area contributed by atoms with Crippen LogP contribution in [0.5, 0.6) is 0 Å². The Bertz CT molecular complexity index is 477. The van der Waals surface area contributed by atoms with E-state index < -0.39 is 17.2 Å². The molecule has 1 amide bonds. The second kappa shape index (κ2) is 5.82. The van der Waals surface area contributed by atoms with E-state index in [0.29, 0.717) is 5.56 Å². The Labute approximate surface area is 111 Å². The fraction of sp³-hybridized carbons (Fsp3) is 0.429. The first-order valence-corrected chi connectivity index (χ1v) is 5.98. The molecule has 5 heteroatoms. The average Bonchev–Trinajstić information content (AvgIpc) is 2.20. The molecule has 1 rings (SSSR count). The van der Waals surface area contributed by atoms with Crippen molar-refractivity contribution in [1.29, 1.82) is 0 Å². The molecule has 0 saturated heterocycles. The topological polar surface area (TPSA) is 66.4 Å². The van der Waals surface area contributed by atoms with Crippen LogP contribution in [-0.4, -0.2) is 17.0 Å². The zero-order chi connectivity index (χ0) is 14.6. The van der Waals surface area contributed by atoms with Crippen LogP contribution in [0.4, 0.5) is 10.1 Å². The Morgan fingerprint density at radius 2 is 1.95 bits per heavy atom. The van der Waals surface area contributed by atoms with Crippen molar-refractivity contribution in [3.8, 4) is 0 Å². The van der Waals surface area contributed by atoms with Crippen LogP contribution in [0.2, 0.25) is 0 Å². The summed E-state index contributed by atoms with van der Waals surface area (Å²) in [5.74, 6) is -1.84. The van der Waals surface area contributed by atoms with Gasteiger partial charge < -0.3 is 10.4 Å². The van der Waals surface area contributed by atoms with E-state index in [4.69, 9.17) is 5.11 Å². The lowest BCUT2D eigenvalue weighted by Crippen LogP contribution is -2.25. The summed E-state index contributed by atoms with van der Waals surface area (Å²) in [6.07, 6.45) is -0.0935. The van der Waals surface area contributed by atoms with Crippen molar-refractivity contribution in [1.82, 2.24) is 0 Å². The molecule has 4 nitrogen and oxygen atoms in total. The summed E-state index contributed by atoms with van der Waals surface area (Å²) in [7, 11) is 0. The maximum Gasteiger partial charge on any atom is 0.303 e. The van der Waals surface area contributed by atoms with Crippen LogP contribution in [-0.2, 0) is 9.59 Å². The number of anilines is 1. The molecular weight excluding hydrogens is 249 g/mol. The van der Waals surface area contributed by atoms with Gasteiger partial charge in [0.05, 0.1) is 12.1 Å². The number of rotatable bonds is 5. The largest absolute Gasteiger partial charge is 0.481 e. The van der Waals surface area contributed by atoms with E-state index in [1.807, 2.05) is 0 Å². The summed E-state index contributed by atoms with van der Waals surface area (Å²) >= 11 is 0. The van der Waals surface area contributed by atoms with E-state index in [0.717, 1.165) is 0 Å². The second-order valence-corrected chi connectivity index (χ2v) is 5.39. The van der Waals surface area contributed by atoms with Gasteiger partial charge in [-0.05, 0) is 24.0 Å². The van der Waals surface area contributed by atoms with Crippen LogP contribution in [0.25, 0.3) is 0 Å². The van der Waals surface area contributed by atoms with Gasteiger partial charge in [0, 0.05) is 6.42 Å². The van der Waals surface area contributed by atoms with Gasteiger partial charge in [0.15, 0.2) is 0 Å². The number of para-hydroxylation sites is 1. The molecule has 1 aromatic carbocycles. The molecular formula is C14H18FNO3. The molecule has 0 fully saturated rings. The van der Waals surface area contributed by atoms with E-state index in [-0.39, 0.29) is 24.4 Å². The molecule has 0 aromatic heterocycles. The molecule has 0 spiro atoms. The zero-order valence-electron chi connectivity index (χ0n) is 11.3. The number of halogens is 1. The highest BCUT2D eigenvalue weighted by atomic mass is 19.1. The Morgan fingerprint density at radius 3 is 2.47 bits per heavy atom. The fourth-order valence-electron chi connectivity index (χ4n) is 1.88. The molecule has 19 heavy (non-hydrogen) atoms. The Kier molecular flexibility index (Phi) is 4.64. The normalized spacial score (nSPS) is 11.2. The second-order valence-electron chi connectivity index (χ2n) is 5.39. The van der Waals surface area contributed by atoms with Crippen LogP contribution < -0.4 is 5.32 Å². The third-order valence-corrected chi connectivity index (χ3v) is 2.76. The number of hydrogen-bond donors (Lipinski definition) is 2. The highest BCUT2D eigenvalue weighted by molar-refractivity contribution is 5.92. The van der Waals surface area contributed by atoms with Gasteiger partial charge in [-0.3, -0.25) is 9.59 Å². The predicted molar refractivity (Wildman–Crippen MR) is 70.4 cm³/mol. The van der Waals surface area contributed by atoms with Crippen molar-refractivity contribution in [2.24, 2.45) is 5.41 Å². The van der Waals surface area contributed by atoms with Gasteiger partial charge >= 0.3 is 5.97 Å². The fourth-order valence-corrected chi connectivity index (χ4v) is 1.88. The van der Waals surface area contributed by atoms with Gasteiger partial charge in [0.25, 0.3) is 0 Å². The number of aliphatic carboxylic acids is 1. The van der Waals surface area contributed by atoms with Crippen molar-refractivity contribution in [3.63, 3.8) is 0 Å². The van der Waals surface area contributed by atoms with Gasteiger partial charge in [-0.15, -0.1) is 0 Å². The number of carbonyl (C=O) groups is 2. The number of hydrogen-bond acceptors (Lipinski definition) is 2. The zero-order valence-corrected chi connectivity index (χ0v) is 11.3. The van der Waals surface area contributed by atoms with E-state index >= 15 is 0 Å². The minimum atomic E-state index is -0.958. The average molecular weight is 267 g/mol. The Balaban J connectivity index is 2.73. The predicted octanol–water partition coefficient (Wildman–Crippen LogP) is 2.96. The minimum absolute atomic E-state index is 0.0209. The highest BCUT2D eigenvalue weighted by Gasteiger charge is 2.25. The van der Waals surface area contributed by atoms with E-state index in [9.17, 15) is 14.0 Å². The highest BCUT2D eigenvalue weighted by Crippen LogP contribution is 2.26. The molecule has 0 aliphatic rings. The summed E-state index contributed by atoms with van der Waals surface area (Å²) in [5, 5.41) is 11.2. The van der Waals surface area contributed by atoms with Crippen LogP contribution in [0.1, 0.15) is 32.3 Å². The first-order valence-electron chi connectivity index (χ1n) is 5.98. The molecule has 1 aromatic rings. The van der Waals surface area contributed by atoms with Crippen LogP contribution >= 0.6 is 0 Å². The minimum Gasteiger partial charge on any atom is -0.481 e. The third kappa shape index (κ3) is 4.69. The van der Waals surface area contributed by atoms with Gasteiger partial charge in [0.2, 0.25) is 5.91 Å². The van der Waals surface area contributed by atoms with Gasteiger partial charge in [0.1, 0.15) is 5.82 Å². The first kappa shape index (κ1) is 15.1. The lowest BCUT2D eigenvalue weighted by molar-refractivity contribution is -0.139. The van der Waals surface area contributed by atoms with Crippen molar-refractivity contribution in [2.75, 3.05) is 5.32 Å². The molecule has 0 radical (unpaired) electrons. The number of benzene rings is 1. The molecule has 0 bridgehead atoms. The van der Waals surface area contributed by atoms with Crippen molar-refractivity contribution in [2.45, 2.75) is 33.6 Å². The molecule has 0 unspecified atom stereocenters. The standard InChI is InChI=1S/C14H18FNO3/c1-9-5-4-6-10(15)13(9)16-11(17)7-14(2,3)8-12(18)19/h4-6H,7-8H2,1-3H3,(H,16,17)(H,18,19). The maximum atomic E-state index is 13.5. The summed E-state index contributed by atoms with van der Waals surface area (Å²) in [6, 6.07) is 4.53. The summed E-state index contributed by atoms with van der Waals surface area (Å²) in [5.41, 5.74) is 0.109. The monoisotopic (exact) mass is 267 g/mol. The van der Waals surface area contributed by atoms with E-state index in [1.54, 1.807) is 32.9 Å². The van der Waals surface area contributed by atoms with Crippen LogP contribution in [0.15, 0.2) is 18.2 Å². The lowest BCUT2D eigenvalue weighted by atomic mass is 9.85. The van der Waals surface area contributed by atoms with Crippen LogP contribution in [0, 0.1) is 18.2 Å². The molecule has 104 valence electrons. The summed E-state index contributed by atoms with van der Waals surface area (Å²) in [6.45, 7) is 5.07. The van der Waals surface area contributed by atoms with Crippen molar-refractivity contribution in [3.05, 3.63) is 29.6 Å². The molecule has 0 aliphatic heterocycles. The summed E-state index contributed by atoms with van der Waals surface area (Å²) < 4.78 is 13.5. The molecule has 0 saturated carbocycles. The SMILES string of the molecule is Cc1cccc(F)c1NC(=O)CC(C)(C)CC(=O)O. The van der Waals surface area contributed by atoms with E-state index in [2.05, 4.69) is 5.32 Å². The van der Waals surface area contributed by atoms with Crippen molar-refractivity contribution >= 4 is 17.6 Å². The van der Waals surface area contributed by atoms with Crippen LogP contribution in [0.3, 0.4) is 0 Å². The molecule has 0 atom stereocenters. The lowest BCUT2D eigenvalue weighted by Gasteiger charge is -2.21. The smallest absolute Gasteiger partial charge is 0.303 e. The number of carboxylic acids is 1. The van der Waals surface area contributed by atoms with Crippen molar-refractivity contribution < 1.29 is 19.1 Å². The Morgan fingerprint density at radius 1 is 1.32 bits per heavy atom. The number of amides is 1. The quantitative estimate of drug-likeness (QED) is 0.862. The van der Waals surface area contributed by atoms with Gasteiger partial charge in [-0.1, -0.05) is 26.0 Å². The molecule has 2 N–H and O–H groups in total. The number of nitrogens with one attached hydrogen (secondary N) is 1. The Hall–Kier alpha value is -1.91. The summed E-state index contributed by atoms with van der Waals surface area (Å²) in [4.78, 5) is 22.5. The van der Waals surface area contributed by atoms with E-state index in [1.165, 1.54) is 6.07 Å². The number of carbonyl (C=O) groups excluding carboxylic acids is 1. The molecule has 0 aliphatic carbocycles. The third-order valence-electron chi connectivity index (χ3n) is 2.76.